The number of rotatable bonds is 10. The van der Waals surface area contributed by atoms with Gasteiger partial charge in [-0.15, -0.1) is 0 Å². The highest BCUT2D eigenvalue weighted by Gasteiger charge is 2.21. The number of amides is 1. The maximum absolute atomic E-state index is 12.1. The highest BCUT2D eigenvalue weighted by atomic mass is 35.5. The monoisotopic (exact) mass is 357 g/mol. The molecule has 1 rings (SSSR count). The number of benzene rings is 1. The van der Waals surface area contributed by atoms with Crippen molar-refractivity contribution in [1.29, 1.82) is 0 Å². The summed E-state index contributed by atoms with van der Waals surface area (Å²) in [5.74, 6) is -1.03. The molecule has 0 unspecified atom stereocenters. The first-order valence-corrected chi connectivity index (χ1v) is 7.95. The zero-order valence-electron chi connectivity index (χ0n) is 14.1. The summed E-state index contributed by atoms with van der Waals surface area (Å²) in [5, 5.41) is 15.2. The standard InChI is InChI=1S/C16H24ClN3O4/c1-20(2)8-4-7-18-13(16(22)23)10-15(21)19-12-9-11(17)5-6-14(12)24-3/h5-6,9,13,18H,4,7-8,10H2,1-3H3,(H,19,21)(H,22,23)/t13-/m0/s1. The zero-order valence-corrected chi connectivity index (χ0v) is 14.9. The van der Waals surface area contributed by atoms with Gasteiger partial charge >= 0.3 is 5.97 Å². The van der Waals surface area contributed by atoms with E-state index in [0.29, 0.717) is 23.0 Å². The zero-order chi connectivity index (χ0) is 18.1. The fraction of sp³-hybridized carbons (Fsp3) is 0.500. The van der Waals surface area contributed by atoms with Crippen molar-refractivity contribution in [1.82, 2.24) is 10.2 Å². The van der Waals surface area contributed by atoms with Crippen molar-refractivity contribution in [2.45, 2.75) is 18.9 Å². The van der Waals surface area contributed by atoms with E-state index in [-0.39, 0.29) is 6.42 Å². The van der Waals surface area contributed by atoms with Crippen molar-refractivity contribution < 1.29 is 19.4 Å². The molecule has 0 aliphatic carbocycles. The molecular formula is C16H24ClN3O4. The topological polar surface area (TPSA) is 90.9 Å². The second-order valence-electron chi connectivity index (χ2n) is 5.60. The van der Waals surface area contributed by atoms with Crippen LogP contribution in [0.15, 0.2) is 18.2 Å². The molecule has 3 N–H and O–H groups in total. The van der Waals surface area contributed by atoms with Crippen molar-refractivity contribution in [3.8, 4) is 5.75 Å². The van der Waals surface area contributed by atoms with Gasteiger partial charge in [0.05, 0.1) is 19.2 Å². The van der Waals surface area contributed by atoms with Crippen LogP contribution < -0.4 is 15.4 Å². The van der Waals surface area contributed by atoms with E-state index >= 15 is 0 Å². The van der Waals surface area contributed by atoms with Crippen molar-refractivity contribution in [3.63, 3.8) is 0 Å². The predicted molar refractivity (Wildman–Crippen MR) is 93.8 cm³/mol. The third-order valence-corrected chi connectivity index (χ3v) is 3.53. The van der Waals surface area contributed by atoms with E-state index in [4.69, 9.17) is 16.3 Å². The minimum atomic E-state index is -1.06. The SMILES string of the molecule is COc1ccc(Cl)cc1NC(=O)C[C@H](NCCCN(C)C)C(=O)O. The summed E-state index contributed by atoms with van der Waals surface area (Å²) >= 11 is 5.91. The Labute approximate surface area is 146 Å². The lowest BCUT2D eigenvalue weighted by Crippen LogP contribution is -2.40. The van der Waals surface area contributed by atoms with Crippen LogP contribution in [-0.4, -0.2) is 62.2 Å². The number of aliphatic carboxylic acids is 1. The predicted octanol–water partition coefficient (Wildman–Crippen LogP) is 1.67. The Hall–Kier alpha value is -1.83. The van der Waals surface area contributed by atoms with Gasteiger partial charge in [0.15, 0.2) is 0 Å². The number of halogens is 1. The molecule has 1 aromatic rings. The molecule has 0 spiro atoms. The van der Waals surface area contributed by atoms with Crippen molar-refractivity contribution in [2.24, 2.45) is 0 Å². The van der Waals surface area contributed by atoms with Crippen LogP contribution in [-0.2, 0) is 9.59 Å². The number of methoxy groups -OCH3 is 1. The Morgan fingerprint density at radius 2 is 2.08 bits per heavy atom. The molecule has 24 heavy (non-hydrogen) atoms. The molecule has 0 aromatic heterocycles. The first kappa shape index (κ1) is 20.2. The number of nitrogens with one attached hydrogen (secondary N) is 2. The smallest absolute Gasteiger partial charge is 0.321 e. The van der Waals surface area contributed by atoms with Crippen LogP contribution in [0.25, 0.3) is 0 Å². The van der Waals surface area contributed by atoms with Gasteiger partial charge in [-0.1, -0.05) is 11.6 Å². The van der Waals surface area contributed by atoms with Gasteiger partial charge in [-0.2, -0.15) is 0 Å². The molecule has 0 bridgehead atoms. The second kappa shape index (κ2) is 10.1. The average molecular weight is 358 g/mol. The average Bonchev–Trinajstić information content (AvgIpc) is 2.50. The minimum Gasteiger partial charge on any atom is -0.495 e. The van der Waals surface area contributed by atoms with E-state index in [1.165, 1.54) is 7.11 Å². The number of carbonyl (C=O) groups is 2. The normalized spacial score (nSPS) is 12.0. The number of hydrogen-bond acceptors (Lipinski definition) is 5. The number of ether oxygens (including phenoxy) is 1. The number of carboxylic acids is 1. The number of nitrogens with zero attached hydrogens (tertiary/aromatic N) is 1. The Bertz CT molecular complexity index is 566. The molecule has 0 fully saturated rings. The number of anilines is 1. The summed E-state index contributed by atoms with van der Waals surface area (Å²) in [7, 11) is 5.37. The molecule has 0 saturated heterocycles. The Morgan fingerprint density at radius 1 is 1.38 bits per heavy atom. The molecule has 0 saturated carbocycles. The summed E-state index contributed by atoms with van der Waals surface area (Å²) in [5.41, 5.74) is 0.409. The fourth-order valence-electron chi connectivity index (χ4n) is 2.08. The van der Waals surface area contributed by atoms with Crippen LogP contribution >= 0.6 is 11.6 Å². The summed E-state index contributed by atoms with van der Waals surface area (Å²) in [6.07, 6.45) is 0.605. The van der Waals surface area contributed by atoms with E-state index in [1.54, 1.807) is 18.2 Å². The molecule has 0 heterocycles. The van der Waals surface area contributed by atoms with E-state index in [1.807, 2.05) is 19.0 Å². The van der Waals surface area contributed by atoms with E-state index in [0.717, 1.165) is 13.0 Å². The van der Waals surface area contributed by atoms with Crippen molar-refractivity contribution in [3.05, 3.63) is 23.2 Å². The number of carboxylic acid groups (broad SMARTS) is 1. The molecule has 134 valence electrons. The van der Waals surface area contributed by atoms with E-state index in [9.17, 15) is 14.7 Å². The third kappa shape index (κ3) is 7.16. The molecule has 0 aliphatic heterocycles. The Kier molecular flexibility index (Phi) is 8.53. The summed E-state index contributed by atoms with van der Waals surface area (Å²) in [6.45, 7) is 1.36. The molecule has 1 atom stereocenters. The van der Waals surface area contributed by atoms with Gasteiger partial charge in [-0.3, -0.25) is 9.59 Å². The first-order chi connectivity index (χ1) is 11.3. The van der Waals surface area contributed by atoms with Crippen LogP contribution in [0.1, 0.15) is 12.8 Å². The quantitative estimate of drug-likeness (QED) is 0.552. The van der Waals surface area contributed by atoms with E-state index < -0.39 is 17.9 Å². The third-order valence-electron chi connectivity index (χ3n) is 3.30. The highest BCUT2D eigenvalue weighted by Crippen LogP contribution is 2.27. The van der Waals surface area contributed by atoms with Gasteiger partial charge in [-0.05, 0) is 51.8 Å². The maximum atomic E-state index is 12.1. The highest BCUT2D eigenvalue weighted by molar-refractivity contribution is 6.31. The van der Waals surface area contributed by atoms with Gasteiger partial charge in [0, 0.05) is 5.02 Å². The van der Waals surface area contributed by atoms with Crippen LogP contribution in [0.2, 0.25) is 5.02 Å². The number of hydrogen-bond donors (Lipinski definition) is 3. The van der Waals surface area contributed by atoms with Crippen LogP contribution in [0.5, 0.6) is 5.75 Å². The van der Waals surface area contributed by atoms with Crippen molar-refractivity contribution in [2.75, 3.05) is 39.6 Å². The second-order valence-corrected chi connectivity index (χ2v) is 6.04. The lowest BCUT2D eigenvalue weighted by Gasteiger charge is -2.16. The van der Waals surface area contributed by atoms with E-state index in [2.05, 4.69) is 10.6 Å². The lowest BCUT2D eigenvalue weighted by molar-refractivity contribution is -0.141. The van der Waals surface area contributed by atoms with Crippen LogP contribution in [0.4, 0.5) is 5.69 Å². The van der Waals surface area contributed by atoms with Crippen molar-refractivity contribution >= 4 is 29.2 Å². The van der Waals surface area contributed by atoms with Gasteiger partial charge in [0.25, 0.3) is 0 Å². The Balaban J connectivity index is 2.59. The molecule has 7 nitrogen and oxygen atoms in total. The Morgan fingerprint density at radius 3 is 2.67 bits per heavy atom. The van der Waals surface area contributed by atoms with Crippen LogP contribution in [0.3, 0.4) is 0 Å². The summed E-state index contributed by atoms with van der Waals surface area (Å²) in [6, 6.07) is 3.88. The fourth-order valence-corrected chi connectivity index (χ4v) is 2.25. The summed E-state index contributed by atoms with van der Waals surface area (Å²) < 4.78 is 5.15. The molecule has 1 amide bonds. The molecule has 0 aliphatic rings. The first-order valence-electron chi connectivity index (χ1n) is 7.57. The molecule has 8 heteroatoms. The molecule has 1 aromatic carbocycles. The largest absolute Gasteiger partial charge is 0.495 e. The van der Waals surface area contributed by atoms with Gasteiger partial charge < -0.3 is 25.4 Å². The lowest BCUT2D eigenvalue weighted by atomic mass is 10.2. The minimum absolute atomic E-state index is 0.188. The van der Waals surface area contributed by atoms with Crippen LogP contribution in [0, 0.1) is 0 Å². The number of carbonyl (C=O) groups excluding carboxylic acids is 1. The van der Waals surface area contributed by atoms with Gasteiger partial charge in [-0.25, -0.2) is 0 Å². The maximum Gasteiger partial charge on any atom is 0.321 e. The van der Waals surface area contributed by atoms with Gasteiger partial charge in [0.2, 0.25) is 5.91 Å². The summed E-state index contributed by atoms with van der Waals surface area (Å²) in [4.78, 5) is 25.4. The molecular weight excluding hydrogens is 334 g/mol. The molecule has 0 radical (unpaired) electrons. The van der Waals surface area contributed by atoms with Gasteiger partial charge in [0.1, 0.15) is 11.8 Å².